The van der Waals surface area contributed by atoms with Gasteiger partial charge in [0, 0.05) is 17.8 Å². The van der Waals surface area contributed by atoms with Crippen LogP contribution in [-0.4, -0.2) is 24.8 Å². The molecule has 2 aromatic rings. The fourth-order valence-corrected chi connectivity index (χ4v) is 2.15. The van der Waals surface area contributed by atoms with Crippen LogP contribution in [0.2, 0.25) is 0 Å². The molecule has 8 heteroatoms. The third kappa shape index (κ3) is 3.84. The lowest BCUT2D eigenvalue weighted by Crippen LogP contribution is -2.30. The van der Waals surface area contributed by atoms with Gasteiger partial charge in [-0.3, -0.25) is 4.79 Å². The second-order valence-corrected chi connectivity index (χ2v) is 5.29. The number of amides is 1. The Bertz CT molecular complexity index is 895. The molecule has 1 N–H and O–H groups in total. The lowest BCUT2D eigenvalue weighted by atomic mass is 10.2. The van der Waals surface area contributed by atoms with Gasteiger partial charge in [-0.05, 0) is 31.2 Å². The number of nitrogens with one attached hydrogen (secondary N) is 1. The average molecular weight is 354 g/mol. The molecule has 0 saturated heterocycles. The van der Waals surface area contributed by atoms with E-state index in [4.69, 9.17) is 23.9 Å². The van der Waals surface area contributed by atoms with E-state index in [0.29, 0.717) is 22.9 Å². The van der Waals surface area contributed by atoms with E-state index in [1.165, 1.54) is 19.3 Å². The predicted molar refractivity (Wildman–Crippen MR) is 89.0 cm³/mol. The standard InChI is InChI=1S/C18H14N2O6/c1-11(26-18(22)12(9-19)7-14-3-2-6-23-14)17(21)20-13-4-5-15-16(8-13)25-10-24-15/h2-8,11H,10H2,1H3,(H,20,21)/b12-7+/t11-/m0/s1. The maximum absolute atomic E-state index is 12.2. The van der Waals surface area contributed by atoms with E-state index in [9.17, 15) is 9.59 Å². The molecule has 1 aliphatic rings. The van der Waals surface area contributed by atoms with Crippen LogP contribution in [0.5, 0.6) is 11.5 Å². The number of ether oxygens (including phenoxy) is 3. The zero-order valence-corrected chi connectivity index (χ0v) is 13.7. The van der Waals surface area contributed by atoms with Crippen molar-refractivity contribution in [2.45, 2.75) is 13.0 Å². The summed E-state index contributed by atoms with van der Waals surface area (Å²) in [7, 11) is 0. The van der Waals surface area contributed by atoms with E-state index in [1.807, 2.05) is 0 Å². The van der Waals surface area contributed by atoms with E-state index in [0.717, 1.165) is 0 Å². The van der Waals surface area contributed by atoms with Crippen LogP contribution in [0, 0.1) is 11.3 Å². The van der Waals surface area contributed by atoms with Gasteiger partial charge in [-0.2, -0.15) is 5.26 Å². The first-order valence-electron chi connectivity index (χ1n) is 7.63. The normalized spacial score (nSPS) is 13.6. The zero-order valence-electron chi connectivity index (χ0n) is 13.7. The molecule has 1 aromatic heterocycles. The van der Waals surface area contributed by atoms with Crippen molar-refractivity contribution in [1.82, 2.24) is 0 Å². The highest BCUT2D eigenvalue weighted by atomic mass is 16.7. The summed E-state index contributed by atoms with van der Waals surface area (Å²) in [6, 6.07) is 9.83. The Hall–Kier alpha value is -3.73. The van der Waals surface area contributed by atoms with Gasteiger partial charge in [0.1, 0.15) is 17.4 Å². The minimum atomic E-state index is -1.11. The monoisotopic (exact) mass is 354 g/mol. The highest BCUT2D eigenvalue weighted by molar-refractivity contribution is 6.00. The summed E-state index contributed by atoms with van der Waals surface area (Å²) in [5.74, 6) is -0.0366. The molecule has 0 radical (unpaired) electrons. The molecule has 0 unspecified atom stereocenters. The smallest absolute Gasteiger partial charge is 0.349 e. The highest BCUT2D eigenvalue weighted by Gasteiger charge is 2.22. The molecular weight excluding hydrogens is 340 g/mol. The van der Waals surface area contributed by atoms with Gasteiger partial charge in [-0.1, -0.05) is 0 Å². The Morgan fingerprint density at radius 2 is 2.12 bits per heavy atom. The number of benzene rings is 1. The van der Waals surface area contributed by atoms with E-state index < -0.39 is 18.0 Å². The second kappa shape index (κ2) is 7.44. The van der Waals surface area contributed by atoms with Gasteiger partial charge in [0.25, 0.3) is 5.91 Å². The summed E-state index contributed by atoms with van der Waals surface area (Å²) < 4.78 is 20.5. The maximum atomic E-state index is 12.2. The number of nitrogens with zero attached hydrogens (tertiary/aromatic N) is 1. The Labute approximate surface area is 148 Å². The summed E-state index contributed by atoms with van der Waals surface area (Å²) in [6.45, 7) is 1.53. The maximum Gasteiger partial charge on any atom is 0.349 e. The van der Waals surface area contributed by atoms with Crippen LogP contribution < -0.4 is 14.8 Å². The largest absolute Gasteiger partial charge is 0.465 e. The molecule has 1 aromatic carbocycles. The van der Waals surface area contributed by atoms with Crippen molar-refractivity contribution in [2.24, 2.45) is 0 Å². The lowest BCUT2D eigenvalue weighted by molar-refractivity contribution is -0.148. The molecule has 0 aliphatic carbocycles. The average Bonchev–Trinajstić information content (AvgIpc) is 3.30. The SMILES string of the molecule is C[C@H](OC(=O)/C(C#N)=C/c1ccco1)C(=O)Nc1ccc2c(c1)OCO2. The molecule has 0 fully saturated rings. The quantitative estimate of drug-likeness (QED) is 0.499. The molecule has 1 amide bonds. The summed E-state index contributed by atoms with van der Waals surface area (Å²) in [6.07, 6.45) is 1.54. The van der Waals surface area contributed by atoms with Gasteiger partial charge in [0.15, 0.2) is 17.6 Å². The molecule has 0 bridgehead atoms. The van der Waals surface area contributed by atoms with Crippen molar-refractivity contribution in [2.75, 3.05) is 12.1 Å². The Kier molecular flexibility index (Phi) is 4.90. The number of rotatable bonds is 5. The van der Waals surface area contributed by atoms with Crippen LogP contribution in [0.1, 0.15) is 12.7 Å². The van der Waals surface area contributed by atoms with Crippen LogP contribution in [-0.2, 0) is 14.3 Å². The molecule has 2 heterocycles. The van der Waals surface area contributed by atoms with Crippen molar-refractivity contribution in [3.8, 4) is 17.6 Å². The molecule has 132 valence electrons. The number of nitriles is 1. The minimum absolute atomic E-state index is 0.125. The van der Waals surface area contributed by atoms with Crippen molar-refractivity contribution >= 4 is 23.6 Å². The van der Waals surface area contributed by atoms with Gasteiger partial charge in [0.2, 0.25) is 6.79 Å². The first-order valence-corrected chi connectivity index (χ1v) is 7.63. The summed E-state index contributed by atoms with van der Waals surface area (Å²) in [5, 5.41) is 11.7. The van der Waals surface area contributed by atoms with Crippen LogP contribution in [0.4, 0.5) is 5.69 Å². The molecule has 8 nitrogen and oxygen atoms in total. The number of furan rings is 1. The molecule has 1 atom stereocenters. The number of carbonyl (C=O) groups excluding carboxylic acids is 2. The van der Waals surface area contributed by atoms with Gasteiger partial charge in [-0.25, -0.2) is 4.79 Å². The highest BCUT2D eigenvalue weighted by Crippen LogP contribution is 2.34. The van der Waals surface area contributed by atoms with Crippen molar-refractivity contribution < 1.29 is 28.2 Å². The number of anilines is 1. The number of hydrogen-bond acceptors (Lipinski definition) is 7. The third-order valence-electron chi connectivity index (χ3n) is 3.46. The van der Waals surface area contributed by atoms with Gasteiger partial charge in [-0.15, -0.1) is 0 Å². The number of carbonyl (C=O) groups is 2. The molecule has 1 aliphatic heterocycles. The Morgan fingerprint density at radius 1 is 1.31 bits per heavy atom. The van der Waals surface area contributed by atoms with Crippen molar-refractivity contribution in [1.29, 1.82) is 5.26 Å². The van der Waals surface area contributed by atoms with Gasteiger partial charge >= 0.3 is 5.97 Å². The molecule has 0 saturated carbocycles. The van der Waals surface area contributed by atoms with Crippen LogP contribution in [0.25, 0.3) is 6.08 Å². The van der Waals surface area contributed by atoms with Crippen LogP contribution in [0.3, 0.4) is 0 Å². The van der Waals surface area contributed by atoms with Gasteiger partial charge in [0.05, 0.1) is 6.26 Å². The topological polar surface area (TPSA) is 111 Å². The fourth-order valence-electron chi connectivity index (χ4n) is 2.15. The van der Waals surface area contributed by atoms with E-state index in [-0.39, 0.29) is 12.4 Å². The first-order chi connectivity index (χ1) is 12.6. The number of hydrogen-bond donors (Lipinski definition) is 1. The summed E-state index contributed by atoms with van der Waals surface area (Å²) in [5.41, 5.74) is 0.191. The second-order valence-electron chi connectivity index (χ2n) is 5.29. The van der Waals surface area contributed by atoms with Crippen LogP contribution in [0.15, 0.2) is 46.6 Å². The molecule has 3 rings (SSSR count). The molecular formula is C18H14N2O6. The van der Waals surface area contributed by atoms with E-state index in [1.54, 1.807) is 36.4 Å². The zero-order chi connectivity index (χ0) is 18.5. The van der Waals surface area contributed by atoms with E-state index >= 15 is 0 Å². The summed E-state index contributed by atoms with van der Waals surface area (Å²) in [4.78, 5) is 24.2. The fraction of sp³-hybridized carbons (Fsp3) is 0.167. The molecule has 26 heavy (non-hydrogen) atoms. The van der Waals surface area contributed by atoms with Crippen molar-refractivity contribution in [3.05, 3.63) is 47.9 Å². The van der Waals surface area contributed by atoms with E-state index in [2.05, 4.69) is 5.32 Å². The Balaban J connectivity index is 1.61. The number of esters is 1. The van der Waals surface area contributed by atoms with Crippen LogP contribution >= 0.6 is 0 Å². The van der Waals surface area contributed by atoms with Crippen molar-refractivity contribution in [3.63, 3.8) is 0 Å². The lowest BCUT2D eigenvalue weighted by Gasteiger charge is -2.13. The predicted octanol–water partition coefficient (Wildman–Crippen LogP) is 2.49. The summed E-state index contributed by atoms with van der Waals surface area (Å²) >= 11 is 0. The third-order valence-corrected chi connectivity index (χ3v) is 3.46. The minimum Gasteiger partial charge on any atom is -0.465 e. The first kappa shape index (κ1) is 17.1. The number of fused-ring (bicyclic) bond motifs is 1. The molecule has 0 spiro atoms. The Morgan fingerprint density at radius 3 is 2.85 bits per heavy atom. The van der Waals surface area contributed by atoms with Gasteiger partial charge < -0.3 is 23.9 Å².